The van der Waals surface area contributed by atoms with Crippen LogP contribution in [0.25, 0.3) is 11.1 Å². The first-order valence-corrected chi connectivity index (χ1v) is 9.27. The highest BCUT2D eigenvalue weighted by Crippen LogP contribution is 2.28. The van der Waals surface area contributed by atoms with E-state index < -0.39 is 0 Å². The Labute approximate surface area is 151 Å². The van der Waals surface area contributed by atoms with Crippen LogP contribution in [0.4, 0.5) is 6.01 Å². The van der Waals surface area contributed by atoms with Gasteiger partial charge in [0.1, 0.15) is 5.52 Å². The second-order valence-electron chi connectivity index (χ2n) is 6.75. The van der Waals surface area contributed by atoms with E-state index in [9.17, 15) is 4.79 Å². The number of nitrogens with zero attached hydrogens (tertiary/aromatic N) is 2. The van der Waals surface area contributed by atoms with Gasteiger partial charge in [-0.05, 0) is 37.8 Å². The van der Waals surface area contributed by atoms with Crippen molar-refractivity contribution in [3.8, 4) is 0 Å². The van der Waals surface area contributed by atoms with Gasteiger partial charge in [0.05, 0.1) is 6.10 Å². The van der Waals surface area contributed by atoms with Crippen molar-refractivity contribution in [3.05, 3.63) is 23.2 Å². The van der Waals surface area contributed by atoms with Crippen LogP contribution < -0.4 is 10.2 Å². The number of anilines is 1. The molecule has 2 fully saturated rings. The predicted octanol–water partition coefficient (Wildman–Crippen LogP) is 2.99. The first kappa shape index (κ1) is 16.7. The van der Waals surface area contributed by atoms with Crippen molar-refractivity contribution in [1.29, 1.82) is 0 Å². The van der Waals surface area contributed by atoms with Gasteiger partial charge in [0.15, 0.2) is 5.58 Å². The molecule has 1 atom stereocenters. The number of amides is 1. The monoisotopic (exact) mass is 363 g/mol. The zero-order valence-electron chi connectivity index (χ0n) is 14.0. The first-order chi connectivity index (χ1) is 12.2. The zero-order chi connectivity index (χ0) is 17.2. The smallest absolute Gasteiger partial charge is 0.298 e. The van der Waals surface area contributed by atoms with E-state index in [0.717, 1.165) is 50.9 Å². The Bertz CT molecular complexity index is 749. The van der Waals surface area contributed by atoms with E-state index in [0.29, 0.717) is 23.2 Å². The molecule has 1 N–H and O–H groups in total. The lowest BCUT2D eigenvalue weighted by molar-refractivity contribution is -0.126. The number of piperidine rings is 1. The molecule has 0 bridgehead atoms. The highest BCUT2D eigenvalue weighted by molar-refractivity contribution is 6.31. The third-order valence-electron chi connectivity index (χ3n) is 5.00. The minimum atomic E-state index is 0.0523. The van der Waals surface area contributed by atoms with Gasteiger partial charge >= 0.3 is 0 Å². The lowest BCUT2D eigenvalue weighted by Crippen LogP contribution is -2.42. The third-order valence-corrected chi connectivity index (χ3v) is 5.24. The first-order valence-electron chi connectivity index (χ1n) is 8.89. The van der Waals surface area contributed by atoms with Crippen LogP contribution in [-0.2, 0) is 9.53 Å². The Hall–Kier alpha value is -1.79. The number of hydrogen-bond acceptors (Lipinski definition) is 5. The summed E-state index contributed by atoms with van der Waals surface area (Å²) in [5.74, 6) is 0.191. The summed E-state index contributed by atoms with van der Waals surface area (Å²) < 4.78 is 11.4. The molecule has 3 heterocycles. The van der Waals surface area contributed by atoms with E-state index in [1.165, 1.54) is 0 Å². The van der Waals surface area contributed by atoms with E-state index >= 15 is 0 Å². The largest absolute Gasteiger partial charge is 0.423 e. The van der Waals surface area contributed by atoms with Gasteiger partial charge in [-0.3, -0.25) is 4.79 Å². The molecule has 1 amide bonds. The Kier molecular flexibility index (Phi) is 4.81. The molecule has 0 aliphatic carbocycles. The van der Waals surface area contributed by atoms with E-state index in [-0.39, 0.29) is 17.9 Å². The molecule has 2 aliphatic heterocycles. The second-order valence-corrected chi connectivity index (χ2v) is 7.19. The van der Waals surface area contributed by atoms with Gasteiger partial charge in [-0.15, -0.1) is 0 Å². The van der Waals surface area contributed by atoms with Crippen molar-refractivity contribution in [3.63, 3.8) is 0 Å². The van der Waals surface area contributed by atoms with Crippen LogP contribution in [0.2, 0.25) is 5.02 Å². The Morgan fingerprint density at radius 1 is 1.32 bits per heavy atom. The fourth-order valence-corrected chi connectivity index (χ4v) is 3.68. The lowest BCUT2D eigenvalue weighted by atomic mass is 9.96. The van der Waals surface area contributed by atoms with Gasteiger partial charge in [0.2, 0.25) is 5.91 Å². The maximum Gasteiger partial charge on any atom is 0.298 e. The van der Waals surface area contributed by atoms with Crippen LogP contribution in [-0.4, -0.2) is 43.2 Å². The molecule has 0 spiro atoms. The average Bonchev–Trinajstić information content (AvgIpc) is 3.29. The number of ether oxygens (including phenoxy) is 1. The van der Waals surface area contributed by atoms with Gasteiger partial charge < -0.3 is 19.4 Å². The molecule has 2 aromatic rings. The highest BCUT2D eigenvalue weighted by atomic mass is 35.5. The number of oxazole rings is 1. The van der Waals surface area contributed by atoms with E-state index in [2.05, 4.69) is 15.2 Å². The number of carbonyl (C=O) groups is 1. The molecule has 0 saturated carbocycles. The van der Waals surface area contributed by atoms with Crippen LogP contribution in [0.3, 0.4) is 0 Å². The molecule has 1 unspecified atom stereocenters. The van der Waals surface area contributed by atoms with Crippen molar-refractivity contribution < 1.29 is 13.9 Å². The molecule has 1 aromatic carbocycles. The molecule has 2 saturated heterocycles. The van der Waals surface area contributed by atoms with Crippen molar-refractivity contribution in [2.45, 2.75) is 31.8 Å². The lowest BCUT2D eigenvalue weighted by Gasteiger charge is -2.30. The summed E-state index contributed by atoms with van der Waals surface area (Å²) in [6.45, 7) is 2.97. The molecule has 134 valence electrons. The van der Waals surface area contributed by atoms with Crippen molar-refractivity contribution in [2.75, 3.05) is 31.1 Å². The summed E-state index contributed by atoms with van der Waals surface area (Å²) in [7, 11) is 0. The normalized spacial score (nSPS) is 21.8. The van der Waals surface area contributed by atoms with Gasteiger partial charge in [0, 0.05) is 43.2 Å². The Balaban J connectivity index is 1.31. The zero-order valence-corrected chi connectivity index (χ0v) is 14.8. The predicted molar refractivity (Wildman–Crippen MR) is 95.9 cm³/mol. The topological polar surface area (TPSA) is 67.6 Å². The molecular formula is C18H22ClN3O3. The average molecular weight is 364 g/mol. The second kappa shape index (κ2) is 7.22. The summed E-state index contributed by atoms with van der Waals surface area (Å²) in [4.78, 5) is 19.0. The highest BCUT2D eigenvalue weighted by Gasteiger charge is 2.28. The van der Waals surface area contributed by atoms with E-state index in [1.807, 2.05) is 6.07 Å². The fourth-order valence-electron chi connectivity index (χ4n) is 3.52. The number of carbonyl (C=O) groups excluding carboxylic acids is 1. The standard InChI is InChI=1S/C18H22ClN3O3/c19-13-3-4-15-16(10-13)25-18(21-15)22-7-5-12(6-8-22)17(23)20-11-14-2-1-9-24-14/h3-4,10,12,14H,1-2,5-9,11H2,(H,20,23). The summed E-state index contributed by atoms with van der Waals surface area (Å²) in [5.41, 5.74) is 1.50. The van der Waals surface area contributed by atoms with Crippen LogP contribution in [0.5, 0.6) is 0 Å². The van der Waals surface area contributed by atoms with Crippen LogP contribution >= 0.6 is 11.6 Å². The molecule has 7 heteroatoms. The minimum Gasteiger partial charge on any atom is -0.423 e. The minimum absolute atomic E-state index is 0.0523. The Morgan fingerprint density at radius 2 is 2.16 bits per heavy atom. The molecule has 1 aromatic heterocycles. The van der Waals surface area contributed by atoms with Gasteiger partial charge in [-0.1, -0.05) is 11.6 Å². The number of rotatable bonds is 4. The molecule has 25 heavy (non-hydrogen) atoms. The SMILES string of the molecule is O=C(NCC1CCCO1)C1CCN(c2nc3ccc(Cl)cc3o2)CC1. The van der Waals surface area contributed by atoms with Gasteiger partial charge in [-0.25, -0.2) is 0 Å². The van der Waals surface area contributed by atoms with Crippen molar-refractivity contribution in [2.24, 2.45) is 5.92 Å². The fraction of sp³-hybridized carbons (Fsp3) is 0.556. The number of benzene rings is 1. The van der Waals surface area contributed by atoms with E-state index in [4.69, 9.17) is 20.8 Å². The molecule has 4 rings (SSSR count). The van der Waals surface area contributed by atoms with Crippen molar-refractivity contribution in [1.82, 2.24) is 10.3 Å². The Morgan fingerprint density at radius 3 is 2.92 bits per heavy atom. The van der Waals surface area contributed by atoms with Crippen LogP contribution in [0.1, 0.15) is 25.7 Å². The molecule has 2 aliphatic rings. The van der Waals surface area contributed by atoms with Gasteiger partial charge in [-0.2, -0.15) is 4.98 Å². The molecule has 0 radical (unpaired) electrons. The maximum absolute atomic E-state index is 12.3. The quantitative estimate of drug-likeness (QED) is 0.904. The number of nitrogens with one attached hydrogen (secondary N) is 1. The van der Waals surface area contributed by atoms with Crippen LogP contribution in [0.15, 0.2) is 22.6 Å². The van der Waals surface area contributed by atoms with Gasteiger partial charge in [0.25, 0.3) is 6.01 Å². The number of aromatic nitrogens is 1. The van der Waals surface area contributed by atoms with E-state index in [1.54, 1.807) is 12.1 Å². The number of halogens is 1. The molecule has 6 nitrogen and oxygen atoms in total. The number of fused-ring (bicyclic) bond motifs is 1. The summed E-state index contributed by atoms with van der Waals surface area (Å²) in [5, 5.41) is 3.68. The van der Waals surface area contributed by atoms with Crippen LogP contribution in [0, 0.1) is 5.92 Å². The van der Waals surface area contributed by atoms with Crippen molar-refractivity contribution >= 4 is 34.6 Å². The summed E-state index contributed by atoms with van der Waals surface area (Å²) in [6.07, 6.45) is 3.93. The summed E-state index contributed by atoms with van der Waals surface area (Å²) in [6, 6.07) is 6.05. The number of hydrogen-bond donors (Lipinski definition) is 1. The molecular weight excluding hydrogens is 342 g/mol. The maximum atomic E-state index is 12.3. The summed E-state index contributed by atoms with van der Waals surface area (Å²) >= 11 is 5.99. The third kappa shape index (κ3) is 3.75.